The molecule has 0 atom stereocenters. The Labute approximate surface area is 255 Å². The number of nitrogens with zero attached hydrogens (tertiary/aromatic N) is 1. The second-order valence-electron chi connectivity index (χ2n) is 11.4. The van der Waals surface area contributed by atoms with Crippen molar-refractivity contribution >= 4 is 71.3 Å². The molecule has 0 unspecified atom stereocenters. The number of hydrogen-bond acceptors (Lipinski definition) is 2. The SMILES string of the molecule is c1cc(-c2ccc3ccccc3c2)cc(N(c2ccc3c(ccc4ccccc43)c2)c2ccc3c(c2)oc2ccccc23)c1. The molecule has 0 spiro atoms. The van der Waals surface area contributed by atoms with Crippen molar-refractivity contribution in [1.29, 1.82) is 0 Å². The van der Waals surface area contributed by atoms with E-state index < -0.39 is 0 Å². The van der Waals surface area contributed by atoms with Crippen molar-refractivity contribution < 1.29 is 4.42 Å². The molecular formula is C42H27NO. The van der Waals surface area contributed by atoms with Crippen LogP contribution in [0.15, 0.2) is 168 Å². The van der Waals surface area contributed by atoms with Crippen LogP contribution in [0, 0.1) is 0 Å². The lowest BCUT2D eigenvalue weighted by atomic mass is 9.99. The molecule has 0 radical (unpaired) electrons. The number of anilines is 3. The van der Waals surface area contributed by atoms with Gasteiger partial charge < -0.3 is 9.32 Å². The van der Waals surface area contributed by atoms with Crippen molar-refractivity contribution in [3.05, 3.63) is 164 Å². The maximum atomic E-state index is 6.34. The Balaban J connectivity index is 1.24. The first-order valence-corrected chi connectivity index (χ1v) is 15.0. The monoisotopic (exact) mass is 561 g/mol. The van der Waals surface area contributed by atoms with Gasteiger partial charge in [0.15, 0.2) is 0 Å². The summed E-state index contributed by atoms with van der Waals surface area (Å²) in [6.07, 6.45) is 0. The molecule has 0 N–H and O–H groups in total. The smallest absolute Gasteiger partial charge is 0.137 e. The largest absolute Gasteiger partial charge is 0.456 e. The zero-order chi connectivity index (χ0) is 29.0. The number of para-hydroxylation sites is 1. The minimum atomic E-state index is 0.881. The molecule has 0 aliphatic carbocycles. The Morgan fingerprint density at radius 2 is 0.932 bits per heavy atom. The lowest BCUT2D eigenvalue weighted by Crippen LogP contribution is -2.10. The first-order chi connectivity index (χ1) is 21.8. The fraction of sp³-hybridized carbons (Fsp3) is 0. The summed E-state index contributed by atoms with van der Waals surface area (Å²) in [6.45, 7) is 0. The van der Waals surface area contributed by atoms with Crippen LogP contribution in [0.2, 0.25) is 0 Å². The Morgan fingerprint density at radius 1 is 0.318 bits per heavy atom. The minimum Gasteiger partial charge on any atom is -0.456 e. The molecule has 2 nitrogen and oxygen atoms in total. The summed E-state index contributed by atoms with van der Waals surface area (Å²) in [5.41, 5.74) is 7.39. The van der Waals surface area contributed by atoms with Gasteiger partial charge in [-0.3, -0.25) is 0 Å². The van der Waals surface area contributed by atoms with Crippen LogP contribution < -0.4 is 4.90 Å². The quantitative estimate of drug-likeness (QED) is 0.199. The highest BCUT2D eigenvalue weighted by Gasteiger charge is 2.17. The van der Waals surface area contributed by atoms with E-state index in [1.165, 1.54) is 43.4 Å². The van der Waals surface area contributed by atoms with Gasteiger partial charge in [-0.25, -0.2) is 0 Å². The Kier molecular flexibility index (Phi) is 5.54. The maximum absolute atomic E-state index is 6.34. The maximum Gasteiger partial charge on any atom is 0.137 e. The molecule has 0 amide bonds. The van der Waals surface area contributed by atoms with Crippen LogP contribution >= 0.6 is 0 Å². The summed E-state index contributed by atoms with van der Waals surface area (Å²) in [6, 6.07) is 58.7. The van der Waals surface area contributed by atoms with Crippen LogP contribution in [0.25, 0.3) is 65.4 Å². The summed E-state index contributed by atoms with van der Waals surface area (Å²) in [5, 5.41) is 9.73. The molecule has 9 aromatic rings. The molecule has 8 aromatic carbocycles. The van der Waals surface area contributed by atoms with E-state index in [-0.39, 0.29) is 0 Å². The van der Waals surface area contributed by atoms with E-state index in [2.05, 4.69) is 157 Å². The molecule has 0 bridgehead atoms. The van der Waals surface area contributed by atoms with Crippen molar-refractivity contribution in [3.8, 4) is 11.1 Å². The topological polar surface area (TPSA) is 16.4 Å². The summed E-state index contributed by atoms with van der Waals surface area (Å²) >= 11 is 0. The standard InChI is InChI=1S/C42H27NO/c1-2-10-30-24-32(18-16-28(30)8-1)31-11-7-12-34(25-31)43(36-21-23-40-39-14-5-6-15-41(39)44-42(40)27-36)35-20-22-38-33(26-35)19-17-29-9-3-4-13-37(29)38/h1-27H. The fourth-order valence-electron chi connectivity index (χ4n) is 6.63. The van der Waals surface area contributed by atoms with E-state index in [1.807, 2.05) is 12.1 Å². The molecule has 0 fully saturated rings. The van der Waals surface area contributed by atoms with E-state index >= 15 is 0 Å². The molecule has 206 valence electrons. The third-order valence-corrected chi connectivity index (χ3v) is 8.79. The average molecular weight is 562 g/mol. The van der Waals surface area contributed by atoms with Crippen molar-refractivity contribution in [2.45, 2.75) is 0 Å². The normalized spacial score (nSPS) is 11.6. The first-order valence-electron chi connectivity index (χ1n) is 15.0. The van der Waals surface area contributed by atoms with E-state index in [1.54, 1.807) is 0 Å². The van der Waals surface area contributed by atoms with Gasteiger partial charge in [0.2, 0.25) is 0 Å². The first kappa shape index (κ1) is 24.7. The van der Waals surface area contributed by atoms with Gasteiger partial charge >= 0.3 is 0 Å². The van der Waals surface area contributed by atoms with Gasteiger partial charge in [0.1, 0.15) is 11.2 Å². The lowest BCUT2D eigenvalue weighted by Gasteiger charge is -2.26. The minimum absolute atomic E-state index is 0.881. The van der Waals surface area contributed by atoms with E-state index in [9.17, 15) is 0 Å². The van der Waals surface area contributed by atoms with Crippen LogP contribution in [0.5, 0.6) is 0 Å². The number of fused-ring (bicyclic) bond motifs is 7. The van der Waals surface area contributed by atoms with Crippen LogP contribution in [-0.4, -0.2) is 0 Å². The molecule has 44 heavy (non-hydrogen) atoms. The predicted molar refractivity (Wildman–Crippen MR) is 186 cm³/mol. The van der Waals surface area contributed by atoms with Crippen molar-refractivity contribution in [3.63, 3.8) is 0 Å². The van der Waals surface area contributed by atoms with E-state index in [4.69, 9.17) is 4.42 Å². The third kappa shape index (κ3) is 4.04. The van der Waals surface area contributed by atoms with Crippen LogP contribution in [0.4, 0.5) is 17.1 Å². The van der Waals surface area contributed by atoms with Gasteiger partial charge in [-0.1, -0.05) is 109 Å². The van der Waals surface area contributed by atoms with Crippen LogP contribution in [0.3, 0.4) is 0 Å². The Hall–Kier alpha value is -5.86. The molecule has 0 saturated heterocycles. The van der Waals surface area contributed by atoms with Gasteiger partial charge in [0.25, 0.3) is 0 Å². The summed E-state index contributed by atoms with van der Waals surface area (Å²) < 4.78 is 6.34. The third-order valence-electron chi connectivity index (χ3n) is 8.79. The van der Waals surface area contributed by atoms with E-state index in [0.717, 1.165) is 39.0 Å². The average Bonchev–Trinajstić information content (AvgIpc) is 3.46. The molecule has 0 aliphatic rings. The highest BCUT2D eigenvalue weighted by molar-refractivity contribution is 6.09. The Bertz CT molecular complexity index is 2520. The van der Waals surface area contributed by atoms with Gasteiger partial charge in [0, 0.05) is 33.9 Å². The second kappa shape index (κ2) is 9.86. The molecule has 0 aliphatic heterocycles. The molecule has 1 aromatic heterocycles. The van der Waals surface area contributed by atoms with Gasteiger partial charge in [-0.05, 0) is 92.0 Å². The highest BCUT2D eigenvalue weighted by atomic mass is 16.3. The molecular weight excluding hydrogens is 534 g/mol. The number of rotatable bonds is 4. The van der Waals surface area contributed by atoms with Crippen molar-refractivity contribution in [2.24, 2.45) is 0 Å². The van der Waals surface area contributed by atoms with Gasteiger partial charge in [-0.2, -0.15) is 0 Å². The molecule has 1 heterocycles. The summed E-state index contributed by atoms with van der Waals surface area (Å²) in [4.78, 5) is 2.34. The van der Waals surface area contributed by atoms with Crippen LogP contribution in [0.1, 0.15) is 0 Å². The molecule has 2 heteroatoms. The summed E-state index contributed by atoms with van der Waals surface area (Å²) in [5.74, 6) is 0. The molecule has 0 saturated carbocycles. The van der Waals surface area contributed by atoms with E-state index in [0.29, 0.717) is 0 Å². The Morgan fingerprint density at radius 3 is 1.84 bits per heavy atom. The zero-order valence-corrected chi connectivity index (χ0v) is 23.9. The molecule has 9 rings (SSSR count). The van der Waals surface area contributed by atoms with Gasteiger partial charge in [0.05, 0.1) is 0 Å². The predicted octanol–water partition coefficient (Wildman–Crippen LogP) is 12.2. The fourth-order valence-corrected chi connectivity index (χ4v) is 6.63. The number of furan rings is 1. The van der Waals surface area contributed by atoms with Crippen molar-refractivity contribution in [1.82, 2.24) is 0 Å². The highest BCUT2D eigenvalue weighted by Crippen LogP contribution is 2.41. The lowest BCUT2D eigenvalue weighted by molar-refractivity contribution is 0.669. The van der Waals surface area contributed by atoms with Gasteiger partial charge in [-0.15, -0.1) is 0 Å². The number of hydrogen-bond donors (Lipinski definition) is 0. The second-order valence-corrected chi connectivity index (χ2v) is 11.4. The zero-order valence-electron chi connectivity index (χ0n) is 23.9. The van der Waals surface area contributed by atoms with Crippen molar-refractivity contribution in [2.75, 3.05) is 4.90 Å². The summed E-state index contributed by atoms with van der Waals surface area (Å²) in [7, 11) is 0. The number of benzene rings is 8. The van der Waals surface area contributed by atoms with Crippen LogP contribution in [-0.2, 0) is 0 Å².